The fourth-order valence-corrected chi connectivity index (χ4v) is 3.26. The Balaban J connectivity index is 1.55. The van der Waals surface area contributed by atoms with Gasteiger partial charge in [-0.2, -0.15) is 0 Å². The van der Waals surface area contributed by atoms with Crippen molar-refractivity contribution in [2.24, 2.45) is 0 Å². The molecule has 0 aliphatic rings. The second kappa shape index (κ2) is 6.75. The summed E-state index contributed by atoms with van der Waals surface area (Å²) in [4.78, 5) is 23.4. The van der Waals surface area contributed by atoms with Crippen molar-refractivity contribution in [3.63, 3.8) is 0 Å². The molecule has 0 saturated carbocycles. The summed E-state index contributed by atoms with van der Waals surface area (Å²) in [5.41, 5.74) is 6.03. The number of methoxy groups -OCH3 is 1. The molecule has 7 heteroatoms. The first-order chi connectivity index (χ1) is 13.0. The van der Waals surface area contributed by atoms with Gasteiger partial charge in [0.2, 0.25) is 11.9 Å². The van der Waals surface area contributed by atoms with E-state index in [0.717, 1.165) is 46.7 Å². The number of fused-ring (bicyclic) bond motifs is 2. The number of aromatic nitrogens is 4. The zero-order chi connectivity index (χ0) is 19.0. The third-order valence-electron chi connectivity index (χ3n) is 4.66. The van der Waals surface area contributed by atoms with Crippen LogP contribution in [0.2, 0.25) is 0 Å². The third kappa shape index (κ3) is 3.36. The molecular weight excluding hydrogens is 342 g/mol. The third-order valence-corrected chi connectivity index (χ3v) is 4.66. The van der Waals surface area contributed by atoms with Crippen molar-refractivity contribution in [1.82, 2.24) is 19.4 Å². The second-order valence-electron chi connectivity index (χ2n) is 6.56. The molecule has 0 spiro atoms. The molecule has 0 radical (unpaired) electrons. The summed E-state index contributed by atoms with van der Waals surface area (Å²) in [6.07, 6.45) is 3.68. The normalized spacial score (nSPS) is 11.2. The quantitative estimate of drug-likeness (QED) is 0.570. The fourth-order valence-electron chi connectivity index (χ4n) is 3.26. The number of benzene rings is 1. The van der Waals surface area contributed by atoms with Crippen LogP contribution in [0, 0.1) is 6.92 Å². The number of nitrogens with zero attached hydrogens (tertiary/aromatic N) is 3. The standard InChI is InChI=1S/C20H21N5O2/c1-12-16(22-19-11-15(27-3)8-9-25(12)19)6-4-14-5-7-17-18(10-14)24-20(23-17)21-13(2)26/h5,7-11H,4,6H2,1-3H3,(H2,21,23,24,26). The predicted octanol–water partition coefficient (Wildman–Crippen LogP) is 3.27. The van der Waals surface area contributed by atoms with E-state index >= 15 is 0 Å². The number of aromatic amines is 1. The van der Waals surface area contributed by atoms with E-state index in [-0.39, 0.29) is 5.91 Å². The largest absolute Gasteiger partial charge is 0.497 e. The van der Waals surface area contributed by atoms with Gasteiger partial charge in [-0.1, -0.05) is 6.07 Å². The monoisotopic (exact) mass is 363 g/mol. The van der Waals surface area contributed by atoms with Gasteiger partial charge >= 0.3 is 0 Å². The molecule has 0 fully saturated rings. The highest BCUT2D eigenvalue weighted by atomic mass is 16.5. The summed E-state index contributed by atoms with van der Waals surface area (Å²) in [6.45, 7) is 3.55. The molecule has 0 saturated heterocycles. The van der Waals surface area contributed by atoms with E-state index in [4.69, 9.17) is 9.72 Å². The van der Waals surface area contributed by atoms with Crippen LogP contribution in [0.1, 0.15) is 23.9 Å². The maximum atomic E-state index is 11.2. The van der Waals surface area contributed by atoms with Gasteiger partial charge in [-0.15, -0.1) is 0 Å². The molecule has 0 bridgehead atoms. The van der Waals surface area contributed by atoms with Gasteiger partial charge in [0.15, 0.2) is 0 Å². The van der Waals surface area contributed by atoms with Gasteiger partial charge in [-0.3, -0.25) is 10.1 Å². The smallest absolute Gasteiger partial charge is 0.223 e. The van der Waals surface area contributed by atoms with Gasteiger partial charge in [-0.25, -0.2) is 9.97 Å². The molecule has 4 aromatic rings. The minimum atomic E-state index is -0.145. The lowest BCUT2D eigenvalue weighted by molar-refractivity contribution is -0.114. The number of H-pyrrole nitrogens is 1. The van der Waals surface area contributed by atoms with Gasteiger partial charge in [0, 0.05) is 24.9 Å². The van der Waals surface area contributed by atoms with E-state index < -0.39 is 0 Å². The Bertz CT molecular complexity index is 1140. The molecule has 3 heterocycles. The summed E-state index contributed by atoms with van der Waals surface area (Å²) in [5.74, 6) is 1.13. The summed E-state index contributed by atoms with van der Waals surface area (Å²) >= 11 is 0. The van der Waals surface area contributed by atoms with Crippen LogP contribution in [0.3, 0.4) is 0 Å². The SMILES string of the molecule is COc1ccn2c(C)c(CCc3ccc4[nH]c(NC(C)=O)nc4c3)nc2c1. The molecule has 3 aromatic heterocycles. The zero-order valence-corrected chi connectivity index (χ0v) is 15.5. The molecule has 1 aromatic carbocycles. The number of hydrogen-bond donors (Lipinski definition) is 2. The van der Waals surface area contributed by atoms with Crippen molar-refractivity contribution >= 4 is 28.5 Å². The van der Waals surface area contributed by atoms with Crippen molar-refractivity contribution in [3.8, 4) is 5.75 Å². The molecule has 0 aliphatic heterocycles. The number of ether oxygens (including phenoxy) is 1. The number of imidazole rings is 2. The van der Waals surface area contributed by atoms with Crippen LogP contribution in [0.5, 0.6) is 5.75 Å². The van der Waals surface area contributed by atoms with Crippen LogP contribution in [-0.2, 0) is 17.6 Å². The highest BCUT2D eigenvalue weighted by molar-refractivity contribution is 5.89. The van der Waals surface area contributed by atoms with Gasteiger partial charge < -0.3 is 14.1 Å². The van der Waals surface area contributed by atoms with Crippen molar-refractivity contribution < 1.29 is 9.53 Å². The topological polar surface area (TPSA) is 84.3 Å². The molecule has 0 unspecified atom stereocenters. The predicted molar refractivity (Wildman–Crippen MR) is 104 cm³/mol. The van der Waals surface area contributed by atoms with Crippen molar-refractivity contribution in [3.05, 3.63) is 53.5 Å². The van der Waals surface area contributed by atoms with Crippen molar-refractivity contribution in [1.29, 1.82) is 0 Å². The Kier molecular flexibility index (Phi) is 4.27. The van der Waals surface area contributed by atoms with Crippen LogP contribution in [0.4, 0.5) is 5.95 Å². The highest BCUT2D eigenvalue weighted by Crippen LogP contribution is 2.20. The lowest BCUT2D eigenvalue weighted by Gasteiger charge is -2.02. The Morgan fingerprint density at radius 3 is 2.85 bits per heavy atom. The molecule has 4 rings (SSSR count). The number of carbonyl (C=O) groups excluding carboxylic acids is 1. The van der Waals surface area contributed by atoms with E-state index in [1.165, 1.54) is 12.5 Å². The number of hydrogen-bond acceptors (Lipinski definition) is 4. The molecule has 7 nitrogen and oxygen atoms in total. The first-order valence-corrected chi connectivity index (χ1v) is 8.81. The Hall–Kier alpha value is -3.35. The Morgan fingerprint density at radius 2 is 2.07 bits per heavy atom. The average molecular weight is 363 g/mol. The number of pyridine rings is 1. The van der Waals surface area contributed by atoms with Crippen LogP contribution in [-0.4, -0.2) is 32.4 Å². The van der Waals surface area contributed by atoms with E-state index in [0.29, 0.717) is 5.95 Å². The number of anilines is 1. The van der Waals surface area contributed by atoms with Crippen LogP contribution in [0.15, 0.2) is 36.5 Å². The molecule has 2 N–H and O–H groups in total. The molecule has 27 heavy (non-hydrogen) atoms. The molecule has 0 aliphatic carbocycles. The van der Waals surface area contributed by atoms with E-state index in [1.807, 2.05) is 30.5 Å². The summed E-state index contributed by atoms with van der Waals surface area (Å²) < 4.78 is 7.36. The first-order valence-electron chi connectivity index (χ1n) is 8.81. The molecule has 1 amide bonds. The summed E-state index contributed by atoms with van der Waals surface area (Å²) in [7, 11) is 1.66. The summed E-state index contributed by atoms with van der Waals surface area (Å²) in [5, 5.41) is 2.67. The number of carbonyl (C=O) groups is 1. The maximum Gasteiger partial charge on any atom is 0.223 e. The highest BCUT2D eigenvalue weighted by Gasteiger charge is 2.10. The van der Waals surface area contributed by atoms with Crippen molar-refractivity contribution in [2.45, 2.75) is 26.7 Å². The van der Waals surface area contributed by atoms with E-state index in [1.54, 1.807) is 7.11 Å². The van der Waals surface area contributed by atoms with Crippen LogP contribution in [0.25, 0.3) is 16.7 Å². The average Bonchev–Trinajstić information content (AvgIpc) is 3.18. The molecular formula is C20H21N5O2. The second-order valence-corrected chi connectivity index (χ2v) is 6.56. The molecule has 0 atom stereocenters. The van der Waals surface area contributed by atoms with Crippen molar-refractivity contribution in [2.75, 3.05) is 12.4 Å². The first kappa shape index (κ1) is 17.1. The Labute approximate surface area is 156 Å². The lowest BCUT2D eigenvalue weighted by atomic mass is 10.1. The molecule has 138 valence electrons. The minimum Gasteiger partial charge on any atom is -0.497 e. The maximum absolute atomic E-state index is 11.2. The minimum absolute atomic E-state index is 0.145. The van der Waals surface area contributed by atoms with Gasteiger partial charge in [0.05, 0.1) is 23.8 Å². The Morgan fingerprint density at radius 1 is 1.22 bits per heavy atom. The lowest BCUT2D eigenvalue weighted by Crippen LogP contribution is -2.06. The fraction of sp³-hybridized carbons (Fsp3) is 0.250. The van der Waals surface area contributed by atoms with Crippen LogP contribution < -0.4 is 10.1 Å². The van der Waals surface area contributed by atoms with E-state index in [2.05, 4.69) is 32.7 Å². The number of rotatable bonds is 5. The number of amides is 1. The number of aryl methyl sites for hydroxylation is 3. The van der Waals surface area contributed by atoms with E-state index in [9.17, 15) is 4.79 Å². The van der Waals surface area contributed by atoms with Gasteiger partial charge in [0.25, 0.3) is 0 Å². The van der Waals surface area contributed by atoms with Crippen LogP contribution >= 0.6 is 0 Å². The van der Waals surface area contributed by atoms with Gasteiger partial charge in [0.1, 0.15) is 11.4 Å². The number of nitrogens with one attached hydrogen (secondary N) is 2. The summed E-state index contributed by atoms with van der Waals surface area (Å²) in [6, 6.07) is 9.99. The van der Waals surface area contributed by atoms with Gasteiger partial charge in [-0.05, 0) is 43.5 Å². The zero-order valence-electron chi connectivity index (χ0n) is 15.5.